The Labute approximate surface area is 208 Å². The molecule has 0 heterocycles. The average molecular weight is 526 g/mol. The van der Waals surface area contributed by atoms with E-state index in [1.54, 1.807) is 0 Å². The van der Waals surface area contributed by atoms with Crippen molar-refractivity contribution in [1.29, 1.82) is 0 Å². The van der Waals surface area contributed by atoms with E-state index in [0.29, 0.717) is 0 Å². The van der Waals surface area contributed by atoms with Gasteiger partial charge in [0.05, 0.1) is 5.53 Å². The van der Waals surface area contributed by atoms with Gasteiger partial charge in [0.15, 0.2) is 0 Å². The van der Waals surface area contributed by atoms with Crippen LogP contribution in [0.1, 0.15) is 136 Å². The molecule has 0 aliphatic rings. The van der Waals surface area contributed by atoms with Gasteiger partial charge in [-0.3, -0.25) is 0 Å². The van der Waals surface area contributed by atoms with E-state index in [2.05, 4.69) is 54.9 Å². The van der Waals surface area contributed by atoms with Crippen molar-refractivity contribution < 1.29 is 16.5 Å². The minimum absolute atomic E-state index is 0. The van der Waals surface area contributed by atoms with Crippen molar-refractivity contribution in [2.45, 2.75) is 136 Å². The van der Waals surface area contributed by atoms with Crippen LogP contribution in [0.3, 0.4) is 0 Å². The minimum Gasteiger partial charge on any atom is -0.112 e. The van der Waals surface area contributed by atoms with Crippen molar-refractivity contribution in [3.8, 4) is 0 Å². The second-order valence-corrected chi connectivity index (χ2v) is 18.2. The van der Waals surface area contributed by atoms with E-state index in [4.69, 9.17) is 0 Å². The second-order valence-electron chi connectivity index (χ2n) is 8.03. The molecule has 0 rings (SSSR count). The zero-order chi connectivity index (χ0) is 20.5. The minimum atomic E-state index is 0. The maximum Gasteiger partial charge on any atom is 0.0729 e. The van der Waals surface area contributed by atoms with E-state index < -0.39 is 0 Å². The topological polar surface area (TPSA) is 0 Å². The molecule has 0 spiro atoms. The summed E-state index contributed by atoms with van der Waals surface area (Å²) in [4.78, 5) is 0. The summed E-state index contributed by atoms with van der Waals surface area (Å²) in [6.45, 7) is 6.93. The molecular weight excluding hydrogens is 474 g/mol. The normalized spacial score (nSPS) is 11.2. The smallest absolute Gasteiger partial charge is 0.0729 e. The molecule has 0 aromatic rings. The molecule has 29 heavy (non-hydrogen) atoms. The zero-order valence-electron chi connectivity index (χ0n) is 19.8. The largest absolute Gasteiger partial charge is 0.112 e. The van der Waals surface area contributed by atoms with Gasteiger partial charge in [0.25, 0.3) is 0 Å². The Balaban J connectivity index is 0. The molecule has 0 saturated carbocycles. The number of hydrogen-bond acceptors (Lipinski definition) is 3. The molecule has 180 valence electrons. The maximum absolute atomic E-state index is 2.32. The van der Waals surface area contributed by atoms with Crippen molar-refractivity contribution >= 4 is 39.7 Å². The molecule has 0 aromatic carbocycles. The Hall–Kier alpha value is 1.97. The van der Waals surface area contributed by atoms with Crippen LogP contribution in [-0.2, 0) is 16.5 Å². The number of hydrogen-bond donors (Lipinski definition) is 0. The van der Waals surface area contributed by atoms with Crippen LogP contribution in [0.25, 0.3) is 0 Å². The second kappa shape index (κ2) is 30.0. The van der Waals surface area contributed by atoms with Crippen molar-refractivity contribution in [3.05, 3.63) is 0 Å². The molecular formula is C24H51NiPS3. The van der Waals surface area contributed by atoms with E-state index >= 15 is 0 Å². The fourth-order valence-electron chi connectivity index (χ4n) is 3.18. The van der Waals surface area contributed by atoms with Crippen LogP contribution in [0.15, 0.2) is 0 Å². The molecule has 0 fully saturated rings. The molecule has 0 amide bonds. The summed E-state index contributed by atoms with van der Waals surface area (Å²) in [5, 5.41) is 0. The first kappa shape index (κ1) is 33.1. The third kappa shape index (κ3) is 27.9. The van der Waals surface area contributed by atoms with Crippen LogP contribution < -0.4 is 0 Å². The Kier molecular flexibility index (Phi) is 34.3. The van der Waals surface area contributed by atoms with E-state index in [9.17, 15) is 0 Å². The van der Waals surface area contributed by atoms with Gasteiger partial charge in [0.2, 0.25) is 0 Å². The average Bonchev–Trinajstić information content (AvgIpc) is 2.71. The molecule has 0 saturated heterocycles. The van der Waals surface area contributed by atoms with Crippen LogP contribution in [-0.4, -0.2) is 17.3 Å². The van der Waals surface area contributed by atoms with Crippen molar-refractivity contribution in [2.75, 3.05) is 17.3 Å². The van der Waals surface area contributed by atoms with E-state index in [0.717, 1.165) is 0 Å². The van der Waals surface area contributed by atoms with Crippen molar-refractivity contribution in [2.24, 2.45) is 0 Å². The fourth-order valence-corrected chi connectivity index (χ4v) is 14.1. The predicted molar refractivity (Wildman–Crippen MR) is 144 cm³/mol. The zero-order valence-corrected chi connectivity index (χ0v) is 24.2. The molecule has 0 unspecified atom stereocenters. The molecule has 0 aliphatic carbocycles. The molecule has 0 atom stereocenters. The van der Waals surface area contributed by atoms with Crippen LogP contribution in [0.5, 0.6) is 0 Å². The van der Waals surface area contributed by atoms with E-state index in [1.165, 1.54) is 133 Å². The van der Waals surface area contributed by atoms with Gasteiger partial charge in [-0.1, -0.05) is 117 Å². The van der Waals surface area contributed by atoms with Crippen LogP contribution in [0, 0.1) is 0 Å². The van der Waals surface area contributed by atoms with Crippen molar-refractivity contribution in [1.82, 2.24) is 0 Å². The molecule has 0 aromatic heterocycles. The maximum atomic E-state index is 2.32. The standard InChI is InChI=1S/C24H51PS3.Ni/c1-4-7-10-13-16-19-22-26-25(27-23-20-17-14-11-8-5-2)28-24-21-18-15-12-9-6-3;/h4-24H2,1-3H3;. The number of rotatable bonds is 24. The van der Waals surface area contributed by atoms with Gasteiger partial charge in [-0.25, -0.2) is 0 Å². The first-order chi connectivity index (χ1) is 13.8. The summed E-state index contributed by atoms with van der Waals surface area (Å²) < 4.78 is 0. The summed E-state index contributed by atoms with van der Waals surface area (Å²) in [6.07, 6.45) is 25.9. The van der Waals surface area contributed by atoms with Gasteiger partial charge >= 0.3 is 0 Å². The van der Waals surface area contributed by atoms with E-state index in [1.807, 2.05) is 0 Å². The third-order valence-electron chi connectivity index (χ3n) is 5.08. The quantitative estimate of drug-likeness (QED) is 0.0699. The van der Waals surface area contributed by atoms with Gasteiger partial charge in [-0.2, -0.15) is 0 Å². The molecule has 0 N–H and O–H groups in total. The summed E-state index contributed by atoms with van der Waals surface area (Å²) >= 11 is 6.96. The Morgan fingerprint density at radius 2 is 0.621 bits per heavy atom. The number of unbranched alkanes of at least 4 members (excludes halogenated alkanes) is 15. The molecule has 5 heteroatoms. The van der Waals surface area contributed by atoms with Gasteiger partial charge in [-0.05, 0) is 36.5 Å². The third-order valence-corrected chi connectivity index (χ3v) is 16.4. The Morgan fingerprint density at radius 3 is 0.897 bits per heavy atom. The van der Waals surface area contributed by atoms with Crippen molar-refractivity contribution in [3.63, 3.8) is 0 Å². The Morgan fingerprint density at radius 1 is 0.379 bits per heavy atom. The predicted octanol–water partition coefficient (Wildman–Crippen LogP) is 11.5. The van der Waals surface area contributed by atoms with Gasteiger partial charge in [0, 0.05) is 16.5 Å². The SMILES string of the molecule is CCCCCCCCSP(SCCCCCCCC)SCCCCCCCC.[Ni]. The molecule has 0 aliphatic heterocycles. The summed E-state index contributed by atoms with van der Waals surface area (Å²) in [5.41, 5.74) is 0.107. The van der Waals surface area contributed by atoms with Gasteiger partial charge < -0.3 is 0 Å². The first-order valence-corrected chi connectivity index (χ1v) is 18.6. The summed E-state index contributed by atoms with van der Waals surface area (Å²) in [7, 11) is 0. The van der Waals surface area contributed by atoms with Gasteiger partial charge in [0.1, 0.15) is 0 Å². The summed E-state index contributed by atoms with van der Waals surface area (Å²) in [6, 6.07) is 0. The van der Waals surface area contributed by atoms with Crippen LogP contribution in [0.4, 0.5) is 0 Å². The fraction of sp³-hybridized carbons (Fsp3) is 1.00. The first-order valence-electron chi connectivity index (χ1n) is 12.5. The van der Waals surface area contributed by atoms with Crippen LogP contribution in [0.2, 0.25) is 0 Å². The Bertz CT molecular complexity index is 240. The summed E-state index contributed by atoms with van der Waals surface area (Å²) in [5.74, 6) is 4.22. The monoisotopic (exact) mass is 524 g/mol. The van der Waals surface area contributed by atoms with Gasteiger partial charge in [-0.15, -0.1) is 34.1 Å². The molecule has 0 nitrogen and oxygen atoms in total. The van der Waals surface area contributed by atoms with E-state index in [-0.39, 0.29) is 22.0 Å². The molecule has 0 radical (unpaired) electrons. The molecule has 0 bridgehead atoms. The van der Waals surface area contributed by atoms with Crippen LogP contribution >= 0.6 is 39.7 Å².